The lowest BCUT2D eigenvalue weighted by Gasteiger charge is -2.10. The summed E-state index contributed by atoms with van der Waals surface area (Å²) in [5, 5.41) is 3.63. The molecular formula is C28H33ClN4O3. The van der Waals surface area contributed by atoms with E-state index in [-0.39, 0.29) is 11.7 Å². The first kappa shape index (κ1) is 27.0. The lowest BCUT2D eigenvalue weighted by atomic mass is 10.1. The van der Waals surface area contributed by atoms with E-state index in [1.54, 1.807) is 12.1 Å². The highest BCUT2D eigenvalue weighted by Crippen LogP contribution is 2.22. The molecule has 3 aromatic rings. The minimum atomic E-state index is -0.684. The van der Waals surface area contributed by atoms with Crippen LogP contribution in [0.2, 0.25) is 5.02 Å². The van der Waals surface area contributed by atoms with Gasteiger partial charge in [0, 0.05) is 34.2 Å². The first-order valence-corrected chi connectivity index (χ1v) is 12.5. The molecule has 0 unspecified atom stereocenters. The smallest absolute Gasteiger partial charge is 0.435 e. The van der Waals surface area contributed by atoms with E-state index in [4.69, 9.17) is 22.1 Å². The van der Waals surface area contributed by atoms with Crippen molar-refractivity contribution in [3.8, 4) is 5.69 Å². The monoisotopic (exact) mass is 508 g/mol. The number of unbranched alkanes of at least 4 members (excludes halogenated alkanes) is 3. The molecule has 0 aliphatic rings. The molecular weight excluding hydrogens is 476 g/mol. The van der Waals surface area contributed by atoms with Crippen molar-refractivity contribution < 1.29 is 14.3 Å². The summed E-state index contributed by atoms with van der Waals surface area (Å²) in [5.41, 5.74) is 10.8. The Morgan fingerprint density at radius 1 is 1.03 bits per heavy atom. The number of nitrogens with two attached hydrogens (primary N) is 1. The van der Waals surface area contributed by atoms with Crippen molar-refractivity contribution in [3.05, 3.63) is 87.7 Å². The summed E-state index contributed by atoms with van der Waals surface area (Å²) in [5.74, 6) is -0.0612. The Labute approximate surface area is 217 Å². The number of nitrogens with one attached hydrogen (secondary N) is 1. The third-order valence-corrected chi connectivity index (χ3v) is 6.15. The number of benzene rings is 2. The maximum absolute atomic E-state index is 12.9. The summed E-state index contributed by atoms with van der Waals surface area (Å²) < 4.78 is 7.13. The predicted molar refractivity (Wildman–Crippen MR) is 144 cm³/mol. The highest BCUT2D eigenvalue weighted by molar-refractivity contribution is 6.30. The molecule has 1 aromatic heterocycles. The van der Waals surface area contributed by atoms with Gasteiger partial charge in [0.05, 0.1) is 12.2 Å². The highest BCUT2D eigenvalue weighted by Gasteiger charge is 2.16. The minimum Gasteiger partial charge on any atom is -0.448 e. The van der Waals surface area contributed by atoms with Crippen LogP contribution in [0.25, 0.3) is 5.69 Å². The minimum absolute atomic E-state index is 0.0961. The Balaban J connectivity index is 1.57. The number of aliphatic imine (C=N–C) groups is 1. The van der Waals surface area contributed by atoms with Gasteiger partial charge in [0.15, 0.2) is 0 Å². The number of carbonyl (C=O) groups is 2. The molecule has 2 aromatic carbocycles. The molecule has 0 spiro atoms. The average molecular weight is 509 g/mol. The maximum Gasteiger partial charge on any atom is 0.435 e. The molecule has 190 valence electrons. The highest BCUT2D eigenvalue weighted by atomic mass is 35.5. The summed E-state index contributed by atoms with van der Waals surface area (Å²) in [4.78, 5) is 28.6. The SMILES string of the molecule is CCCCCCOC(=O)N=C(N)c1ccc(CNC(=O)c2cc(C)n(-c3ccc(Cl)cc3)c2C)cc1. The molecule has 0 radical (unpaired) electrons. The summed E-state index contributed by atoms with van der Waals surface area (Å²) in [7, 11) is 0. The number of hydrogen-bond acceptors (Lipinski definition) is 3. The first-order valence-electron chi connectivity index (χ1n) is 12.1. The molecule has 0 atom stereocenters. The lowest BCUT2D eigenvalue weighted by molar-refractivity contribution is 0.0950. The Hall–Kier alpha value is -3.58. The normalized spacial score (nSPS) is 11.4. The number of halogens is 1. The fourth-order valence-corrected chi connectivity index (χ4v) is 4.06. The first-order chi connectivity index (χ1) is 17.3. The van der Waals surface area contributed by atoms with Crippen LogP contribution in [0.1, 0.15) is 65.5 Å². The van der Waals surface area contributed by atoms with Gasteiger partial charge in [-0.05, 0) is 56.2 Å². The molecule has 0 saturated heterocycles. The van der Waals surface area contributed by atoms with Crippen LogP contribution in [0.15, 0.2) is 59.6 Å². The molecule has 36 heavy (non-hydrogen) atoms. The number of aromatic nitrogens is 1. The van der Waals surface area contributed by atoms with Gasteiger partial charge in [-0.1, -0.05) is 62.1 Å². The Kier molecular flexibility index (Phi) is 9.70. The van der Waals surface area contributed by atoms with Crippen LogP contribution in [0.4, 0.5) is 4.79 Å². The van der Waals surface area contributed by atoms with Crippen molar-refractivity contribution in [3.63, 3.8) is 0 Å². The maximum atomic E-state index is 12.9. The van der Waals surface area contributed by atoms with E-state index in [9.17, 15) is 9.59 Å². The van der Waals surface area contributed by atoms with Crippen molar-refractivity contribution in [1.82, 2.24) is 9.88 Å². The molecule has 0 bridgehead atoms. The van der Waals surface area contributed by atoms with Crippen molar-refractivity contribution >= 4 is 29.4 Å². The van der Waals surface area contributed by atoms with Gasteiger partial charge in [-0.3, -0.25) is 4.79 Å². The van der Waals surface area contributed by atoms with Crippen molar-refractivity contribution in [2.45, 2.75) is 53.0 Å². The van der Waals surface area contributed by atoms with Crippen LogP contribution < -0.4 is 11.1 Å². The third-order valence-electron chi connectivity index (χ3n) is 5.90. The van der Waals surface area contributed by atoms with Crippen LogP contribution in [0, 0.1) is 13.8 Å². The predicted octanol–water partition coefficient (Wildman–Crippen LogP) is 6.10. The third kappa shape index (κ3) is 7.21. The number of nitrogens with zero attached hydrogens (tertiary/aromatic N) is 2. The molecule has 0 aliphatic heterocycles. The number of ether oxygens (including phenoxy) is 1. The second-order valence-corrected chi connectivity index (χ2v) is 9.08. The van der Waals surface area contributed by atoms with E-state index < -0.39 is 6.09 Å². The van der Waals surface area contributed by atoms with Gasteiger partial charge in [-0.2, -0.15) is 4.99 Å². The van der Waals surface area contributed by atoms with Crippen LogP contribution in [-0.4, -0.2) is 29.0 Å². The summed E-state index contributed by atoms with van der Waals surface area (Å²) in [6, 6.07) is 16.6. The number of amidine groups is 1. The lowest BCUT2D eigenvalue weighted by Crippen LogP contribution is -2.23. The Bertz CT molecular complexity index is 1210. The Morgan fingerprint density at radius 2 is 1.72 bits per heavy atom. The zero-order valence-corrected chi connectivity index (χ0v) is 21.8. The van der Waals surface area contributed by atoms with E-state index in [0.29, 0.717) is 29.3 Å². The van der Waals surface area contributed by atoms with Gasteiger partial charge in [-0.25, -0.2) is 4.79 Å². The van der Waals surface area contributed by atoms with Gasteiger partial charge in [0.1, 0.15) is 5.84 Å². The molecule has 0 fully saturated rings. The second kappa shape index (κ2) is 12.9. The van der Waals surface area contributed by atoms with E-state index in [0.717, 1.165) is 48.3 Å². The molecule has 2 amide bonds. The van der Waals surface area contributed by atoms with Crippen molar-refractivity contribution in [1.29, 1.82) is 0 Å². The zero-order chi connectivity index (χ0) is 26.1. The van der Waals surface area contributed by atoms with Crippen LogP contribution >= 0.6 is 11.6 Å². The summed E-state index contributed by atoms with van der Waals surface area (Å²) in [6.07, 6.45) is 3.40. The van der Waals surface area contributed by atoms with Crippen LogP contribution in [0.3, 0.4) is 0 Å². The molecule has 3 rings (SSSR count). The molecule has 1 heterocycles. The molecule has 0 aliphatic carbocycles. The molecule has 7 nitrogen and oxygen atoms in total. The van der Waals surface area contributed by atoms with E-state index >= 15 is 0 Å². The van der Waals surface area contributed by atoms with Crippen LogP contribution in [-0.2, 0) is 11.3 Å². The van der Waals surface area contributed by atoms with Crippen molar-refractivity contribution in [2.75, 3.05) is 6.61 Å². The average Bonchev–Trinajstić information content (AvgIpc) is 3.17. The topological polar surface area (TPSA) is 98.7 Å². The summed E-state index contributed by atoms with van der Waals surface area (Å²) in [6.45, 7) is 6.70. The fraction of sp³-hybridized carbons (Fsp3) is 0.321. The van der Waals surface area contributed by atoms with Crippen LogP contribution in [0.5, 0.6) is 0 Å². The number of aryl methyl sites for hydroxylation is 1. The summed E-state index contributed by atoms with van der Waals surface area (Å²) >= 11 is 6.01. The standard InChI is InChI=1S/C28H33ClN4O3/c1-4-5-6-7-16-36-28(35)32-26(30)22-10-8-21(9-11-22)18-31-27(34)25-17-19(2)33(20(25)3)24-14-12-23(29)13-15-24/h8-15,17H,4-7,16,18H2,1-3H3,(H,31,34)(H2,30,32,35). The fourth-order valence-electron chi connectivity index (χ4n) is 3.93. The van der Waals surface area contributed by atoms with E-state index in [1.807, 2.05) is 60.9 Å². The Morgan fingerprint density at radius 3 is 2.39 bits per heavy atom. The number of rotatable bonds is 10. The van der Waals surface area contributed by atoms with Gasteiger partial charge < -0.3 is 20.4 Å². The number of carbonyl (C=O) groups excluding carboxylic acids is 2. The van der Waals surface area contributed by atoms with Gasteiger partial charge in [-0.15, -0.1) is 0 Å². The zero-order valence-electron chi connectivity index (χ0n) is 21.0. The van der Waals surface area contributed by atoms with E-state index in [2.05, 4.69) is 17.2 Å². The van der Waals surface area contributed by atoms with E-state index in [1.165, 1.54) is 0 Å². The van der Waals surface area contributed by atoms with Gasteiger partial charge in [0.25, 0.3) is 5.91 Å². The molecule has 3 N–H and O–H groups in total. The number of hydrogen-bond donors (Lipinski definition) is 2. The largest absolute Gasteiger partial charge is 0.448 e. The van der Waals surface area contributed by atoms with Gasteiger partial charge >= 0.3 is 6.09 Å². The number of amides is 2. The molecule has 0 saturated carbocycles. The van der Waals surface area contributed by atoms with Crippen molar-refractivity contribution in [2.24, 2.45) is 10.7 Å². The molecule has 8 heteroatoms. The quantitative estimate of drug-likeness (QED) is 0.196. The second-order valence-electron chi connectivity index (χ2n) is 8.65. The van der Waals surface area contributed by atoms with Gasteiger partial charge in [0.2, 0.25) is 0 Å².